The molecule has 2 amide bonds. The molecule has 0 saturated heterocycles. The number of ether oxygens (including phenoxy) is 1. The molecule has 1 aromatic heterocycles. The molecule has 2 atom stereocenters. The first kappa shape index (κ1) is 24.1. The highest BCUT2D eigenvalue weighted by Crippen LogP contribution is 2.28. The molecule has 9 nitrogen and oxygen atoms in total. The number of hydrogen-bond acceptors (Lipinski definition) is 5. The molecule has 0 aliphatic heterocycles. The van der Waals surface area contributed by atoms with Crippen molar-refractivity contribution < 1.29 is 24.2 Å². The van der Waals surface area contributed by atoms with E-state index in [9.17, 15) is 14.4 Å². The van der Waals surface area contributed by atoms with Crippen molar-refractivity contribution in [3.05, 3.63) is 71.9 Å². The van der Waals surface area contributed by atoms with Crippen LogP contribution in [-0.2, 0) is 21.4 Å². The van der Waals surface area contributed by atoms with Gasteiger partial charge in [-0.2, -0.15) is 5.10 Å². The lowest BCUT2D eigenvalue weighted by Crippen LogP contribution is -2.37. The van der Waals surface area contributed by atoms with Gasteiger partial charge in [-0.15, -0.1) is 0 Å². The van der Waals surface area contributed by atoms with E-state index in [-0.39, 0.29) is 0 Å². The fraction of sp³-hybridized carbons (Fsp3) is 0.200. The van der Waals surface area contributed by atoms with Crippen LogP contribution in [0.25, 0.3) is 11.1 Å². The average Bonchev–Trinajstić information content (AvgIpc) is 3.18. The zero-order chi connectivity index (χ0) is 24.7. The maximum Gasteiger partial charge on any atom is 0.413 e. The van der Waals surface area contributed by atoms with Crippen molar-refractivity contribution in [2.45, 2.75) is 26.0 Å². The number of rotatable bonds is 6. The molecule has 0 aliphatic rings. The number of hydrogen-bond donors (Lipinski definition) is 3. The first-order chi connectivity index (χ1) is 16.2. The lowest BCUT2D eigenvalue weighted by atomic mass is 10.1. The van der Waals surface area contributed by atoms with Crippen LogP contribution in [0.4, 0.5) is 10.6 Å². The van der Waals surface area contributed by atoms with Crippen LogP contribution in [0.5, 0.6) is 0 Å². The normalized spacial score (nSPS) is 12.0. The van der Waals surface area contributed by atoms with E-state index >= 15 is 0 Å². The van der Waals surface area contributed by atoms with Crippen LogP contribution in [-0.4, -0.2) is 38.9 Å². The van der Waals surface area contributed by atoms with Gasteiger partial charge < -0.3 is 15.2 Å². The maximum absolute atomic E-state index is 12.5. The predicted molar refractivity (Wildman–Crippen MR) is 126 cm³/mol. The molecule has 0 spiro atoms. The molecule has 0 saturated carbocycles. The summed E-state index contributed by atoms with van der Waals surface area (Å²) in [6.45, 7) is 3.15. The fourth-order valence-electron chi connectivity index (χ4n) is 3.03. The second-order valence-corrected chi connectivity index (χ2v) is 7.47. The van der Waals surface area contributed by atoms with Crippen molar-refractivity contribution in [2.75, 3.05) is 5.32 Å². The smallest absolute Gasteiger partial charge is 0.413 e. The van der Waals surface area contributed by atoms with Gasteiger partial charge in [0.2, 0.25) is 0 Å². The summed E-state index contributed by atoms with van der Waals surface area (Å²) >= 11 is 0. The zero-order valence-corrected chi connectivity index (χ0v) is 18.9. The van der Waals surface area contributed by atoms with E-state index in [1.54, 1.807) is 44.4 Å². The zero-order valence-electron chi connectivity index (χ0n) is 18.9. The van der Waals surface area contributed by atoms with Gasteiger partial charge in [-0.3, -0.25) is 19.6 Å². The Balaban J connectivity index is 1.69. The Bertz CT molecular complexity index is 1240. The highest BCUT2D eigenvalue weighted by Gasteiger charge is 2.17. The molecule has 9 heteroatoms. The molecular weight excluding hydrogens is 436 g/mol. The molecule has 1 heterocycles. The molecule has 3 rings (SSSR count). The average molecular weight is 460 g/mol. The largest absolute Gasteiger partial charge is 0.480 e. The van der Waals surface area contributed by atoms with E-state index in [1.807, 2.05) is 30.3 Å². The fourth-order valence-corrected chi connectivity index (χ4v) is 3.03. The second-order valence-electron chi connectivity index (χ2n) is 7.47. The summed E-state index contributed by atoms with van der Waals surface area (Å²) in [5, 5.41) is 18.1. The third-order valence-corrected chi connectivity index (χ3v) is 4.95. The maximum atomic E-state index is 12.5. The van der Waals surface area contributed by atoms with Crippen LogP contribution in [0.2, 0.25) is 0 Å². The van der Waals surface area contributed by atoms with Crippen molar-refractivity contribution in [2.24, 2.45) is 7.05 Å². The van der Waals surface area contributed by atoms with Gasteiger partial charge in [0, 0.05) is 24.1 Å². The van der Waals surface area contributed by atoms with E-state index in [0.29, 0.717) is 16.9 Å². The van der Waals surface area contributed by atoms with Gasteiger partial charge in [0.1, 0.15) is 18.0 Å². The number of aliphatic carboxylic acids is 1. The number of carbonyl (C=O) groups is 3. The Labute approximate surface area is 196 Å². The van der Waals surface area contributed by atoms with Gasteiger partial charge in [0.15, 0.2) is 0 Å². The number of carboxylic acid groups (broad SMARTS) is 1. The van der Waals surface area contributed by atoms with E-state index in [1.165, 1.54) is 11.6 Å². The van der Waals surface area contributed by atoms with E-state index in [2.05, 4.69) is 27.6 Å². The van der Waals surface area contributed by atoms with Crippen molar-refractivity contribution in [3.63, 3.8) is 0 Å². The highest BCUT2D eigenvalue weighted by molar-refractivity contribution is 5.96. The number of carbonyl (C=O) groups excluding carboxylic acids is 2. The summed E-state index contributed by atoms with van der Waals surface area (Å²) < 4.78 is 7.02. The number of carboxylic acids is 1. The molecule has 0 bridgehead atoms. The first-order valence-corrected chi connectivity index (χ1v) is 10.4. The summed E-state index contributed by atoms with van der Waals surface area (Å²) in [6, 6.07) is 15.4. The third-order valence-electron chi connectivity index (χ3n) is 4.95. The molecular formula is C25H24N4O5. The minimum Gasteiger partial charge on any atom is -0.480 e. The summed E-state index contributed by atoms with van der Waals surface area (Å²) in [5.41, 5.74) is 2.90. The van der Waals surface area contributed by atoms with Crippen LogP contribution in [0.1, 0.15) is 31.1 Å². The van der Waals surface area contributed by atoms with Crippen LogP contribution in [0.3, 0.4) is 0 Å². The summed E-state index contributed by atoms with van der Waals surface area (Å²) in [4.78, 5) is 35.0. The Morgan fingerprint density at radius 2 is 1.74 bits per heavy atom. The Hall–Kier alpha value is -4.58. The highest BCUT2D eigenvalue weighted by atomic mass is 16.6. The van der Waals surface area contributed by atoms with Gasteiger partial charge in [-0.1, -0.05) is 48.4 Å². The predicted octanol–water partition coefficient (Wildman–Crippen LogP) is 3.34. The number of aryl methyl sites for hydroxylation is 1. The van der Waals surface area contributed by atoms with Gasteiger partial charge in [0.05, 0.1) is 6.20 Å². The Kier molecular flexibility index (Phi) is 7.67. The number of nitrogens with zero attached hydrogens (tertiary/aromatic N) is 2. The minimum atomic E-state index is -1.14. The molecule has 174 valence electrons. The lowest BCUT2D eigenvalue weighted by molar-refractivity contribution is -0.140. The van der Waals surface area contributed by atoms with Crippen molar-refractivity contribution in [3.8, 4) is 23.0 Å². The van der Waals surface area contributed by atoms with Gasteiger partial charge >= 0.3 is 12.1 Å². The molecule has 3 N–H and O–H groups in total. The summed E-state index contributed by atoms with van der Waals surface area (Å²) in [7, 11) is 1.70. The minimum absolute atomic E-state index is 0.425. The molecule has 0 fully saturated rings. The second kappa shape index (κ2) is 10.8. The standard InChI is InChI=1S/C25H24N4O5/c1-16(24(31)32)27-22(30)14-11-18-9-12-20(13-10-18)21-15-26-29(3)23(21)28-25(33)34-17(2)19-7-5-4-6-8-19/h4-10,12-13,15-17H,1-3H3,(H,27,30)(H,28,33)(H,31,32)/t16-,17+/m0/s1. The topological polar surface area (TPSA) is 123 Å². The van der Waals surface area contributed by atoms with Crippen molar-refractivity contribution in [1.29, 1.82) is 0 Å². The summed E-state index contributed by atoms with van der Waals surface area (Å²) in [6.07, 6.45) is 0.592. The molecule has 0 aliphatic carbocycles. The monoisotopic (exact) mass is 460 g/mol. The van der Waals surface area contributed by atoms with Gasteiger partial charge in [-0.05, 0) is 37.1 Å². The molecule has 2 aromatic carbocycles. The number of aromatic nitrogens is 2. The first-order valence-electron chi connectivity index (χ1n) is 10.4. The lowest BCUT2D eigenvalue weighted by Gasteiger charge is -2.15. The molecule has 34 heavy (non-hydrogen) atoms. The van der Waals surface area contributed by atoms with Crippen LogP contribution in [0, 0.1) is 11.8 Å². The SMILES string of the molecule is C[C@H](NC(=O)C#Cc1ccc(-c2cnn(C)c2NC(=O)O[C@H](C)c2ccccc2)cc1)C(=O)O. The van der Waals surface area contributed by atoms with Crippen LogP contribution >= 0.6 is 0 Å². The molecule has 0 radical (unpaired) electrons. The molecule has 0 unspecified atom stereocenters. The Morgan fingerprint density at radius 3 is 2.38 bits per heavy atom. The molecule has 3 aromatic rings. The van der Waals surface area contributed by atoms with Gasteiger partial charge in [-0.25, -0.2) is 4.79 Å². The van der Waals surface area contributed by atoms with Crippen LogP contribution < -0.4 is 10.6 Å². The summed E-state index contributed by atoms with van der Waals surface area (Å²) in [5.74, 6) is 3.70. The number of benzene rings is 2. The van der Waals surface area contributed by atoms with Gasteiger partial charge in [0.25, 0.3) is 5.91 Å². The third kappa shape index (κ3) is 6.23. The van der Waals surface area contributed by atoms with Crippen molar-refractivity contribution >= 4 is 23.8 Å². The van der Waals surface area contributed by atoms with E-state index in [0.717, 1.165) is 11.1 Å². The quantitative estimate of drug-likeness (QED) is 0.485. The Morgan fingerprint density at radius 1 is 1.06 bits per heavy atom. The number of anilines is 1. The number of nitrogens with one attached hydrogen (secondary N) is 2. The van der Waals surface area contributed by atoms with Crippen molar-refractivity contribution in [1.82, 2.24) is 15.1 Å². The van der Waals surface area contributed by atoms with Crippen LogP contribution in [0.15, 0.2) is 60.8 Å². The van der Waals surface area contributed by atoms with E-state index < -0.39 is 30.1 Å². The number of amides is 2. The van der Waals surface area contributed by atoms with E-state index in [4.69, 9.17) is 9.84 Å².